The summed E-state index contributed by atoms with van der Waals surface area (Å²) in [6, 6.07) is 19.6. The summed E-state index contributed by atoms with van der Waals surface area (Å²) in [5, 5.41) is 9.09. The fourth-order valence-corrected chi connectivity index (χ4v) is 2.65. The zero-order chi connectivity index (χ0) is 20.1. The maximum Gasteiger partial charge on any atom is 0.354 e. The van der Waals surface area contributed by atoms with Crippen LogP contribution in [0.1, 0.15) is 21.7 Å². The number of hydrogen-bond acceptors (Lipinski definition) is 5. The first-order valence-corrected chi connectivity index (χ1v) is 8.76. The first-order chi connectivity index (χ1) is 14.2. The van der Waals surface area contributed by atoms with Crippen molar-refractivity contribution >= 4 is 5.97 Å². The molecule has 4 aromatic heterocycles. The number of carboxylic acid groups (broad SMARTS) is 1. The third-order valence-electron chi connectivity index (χ3n) is 3.98. The standard InChI is InChI=1S/C23H14N4O2/c28-23(29)20-9-5-6-17(26-20)11-10-16-14-21(18-7-1-3-12-24-18)27-22(15-16)19-8-2-4-13-25-19/h1-9,12-15H,(H,28,29). The van der Waals surface area contributed by atoms with E-state index in [1.807, 2.05) is 48.5 Å². The third-order valence-corrected chi connectivity index (χ3v) is 3.98. The monoisotopic (exact) mass is 378 g/mol. The summed E-state index contributed by atoms with van der Waals surface area (Å²) in [6.45, 7) is 0. The Balaban J connectivity index is 1.79. The van der Waals surface area contributed by atoms with E-state index in [0.29, 0.717) is 22.6 Å². The number of carboxylic acids is 1. The molecule has 1 N–H and O–H groups in total. The molecule has 0 aliphatic rings. The molecule has 4 aromatic rings. The van der Waals surface area contributed by atoms with Gasteiger partial charge in [-0.1, -0.05) is 24.1 Å². The molecule has 29 heavy (non-hydrogen) atoms. The summed E-state index contributed by atoms with van der Waals surface area (Å²) in [5.74, 6) is 4.88. The molecule has 6 heteroatoms. The van der Waals surface area contributed by atoms with Gasteiger partial charge in [-0.15, -0.1) is 0 Å². The first-order valence-electron chi connectivity index (χ1n) is 8.76. The highest BCUT2D eigenvalue weighted by Gasteiger charge is 2.08. The SMILES string of the molecule is O=C(O)c1cccc(C#Cc2cc(-c3ccccn3)nc(-c3ccccn3)c2)n1. The topological polar surface area (TPSA) is 88.9 Å². The fourth-order valence-electron chi connectivity index (χ4n) is 2.65. The van der Waals surface area contributed by atoms with Crippen LogP contribution in [-0.4, -0.2) is 31.0 Å². The average molecular weight is 378 g/mol. The predicted octanol–water partition coefficient (Wildman–Crippen LogP) is 3.70. The second-order valence-electron chi connectivity index (χ2n) is 6.02. The van der Waals surface area contributed by atoms with Crippen LogP contribution in [0, 0.1) is 11.8 Å². The average Bonchev–Trinajstić information content (AvgIpc) is 2.79. The lowest BCUT2D eigenvalue weighted by molar-refractivity contribution is 0.0690. The molecule has 0 aliphatic heterocycles. The third kappa shape index (κ3) is 4.31. The zero-order valence-corrected chi connectivity index (χ0v) is 15.1. The van der Waals surface area contributed by atoms with Crippen molar-refractivity contribution in [2.45, 2.75) is 0 Å². The van der Waals surface area contributed by atoms with E-state index >= 15 is 0 Å². The smallest absolute Gasteiger partial charge is 0.354 e. The summed E-state index contributed by atoms with van der Waals surface area (Å²) in [7, 11) is 0. The summed E-state index contributed by atoms with van der Waals surface area (Å²) < 4.78 is 0. The minimum absolute atomic E-state index is 0.0464. The van der Waals surface area contributed by atoms with Crippen molar-refractivity contribution in [2.24, 2.45) is 0 Å². The molecule has 0 saturated heterocycles. The summed E-state index contributed by atoms with van der Waals surface area (Å²) in [4.78, 5) is 28.5. The minimum atomic E-state index is -1.09. The van der Waals surface area contributed by atoms with Gasteiger partial charge in [0.1, 0.15) is 11.4 Å². The van der Waals surface area contributed by atoms with Crippen molar-refractivity contribution in [2.75, 3.05) is 0 Å². The van der Waals surface area contributed by atoms with Crippen molar-refractivity contribution in [3.05, 3.63) is 96.1 Å². The van der Waals surface area contributed by atoms with Gasteiger partial charge in [0.05, 0.1) is 22.8 Å². The zero-order valence-electron chi connectivity index (χ0n) is 15.1. The van der Waals surface area contributed by atoms with Gasteiger partial charge in [-0.2, -0.15) is 0 Å². The first kappa shape index (κ1) is 18.0. The van der Waals surface area contributed by atoms with Gasteiger partial charge in [-0.25, -0.2) is 14.8 Å². The predicted molar refractivity (Wildman–Crippen MR) is 108 cm³/mol. The van der Waals surface area contributed by atoms with Gasteiger partial charge in [0.15, 0.2) is 0 Å². The van der Waals surface area contributed by atoms with E-state index in [-0.39, 0.29) is 5.69 Å². The Bertz CT molecular complexity index is 1170. The van der Waals surface area contributed by atoms with Crippen LogP contribution in [-0.2, 0) is 0 Å². The number of nitrogens with zero attached hydrogens (tertiary/aromatic N) is 4. The molecule has 0 fully saturated rings. The van der Waals surface area contributed by atoms with Crippen molar-refractivity contribution in [1.82, 2.24) is 19.9 Å². The fraction of sp³-hybridized carbons (Fsp3) is 0. The number of aromatic carboxylic acids is 1. The largest absolute Gasteiger partial charge is 0.477 e. The van der Waals surface area contributed by atoms with E-state index in [1.165, 1.54) is 6.07 Å². The number of rotatable bonds is 3. The molecule has 0 spiro atoms. The lowest BCUT2D eigenvalue weighted by Gasteiger charge is -2.05. The van der Waals surface area contributed by atoms with Crippen molar-refractivity contribution < 1.29 is 9.90 Å². The number of aromatic nitrogens is 4. The van der Waals surface area contributed by atoms with E-state index < -0.39 is 5.97 Å². The van der Waals surface area contributed by atoms with Crippen LogP contribution in [0.3, 0.4) is 0 Å². The molecule has 4 rings (SSSR count). The number of carbonyl (C=O) groups is 1. The second-order valence-corrected chi connectivity index (χ2v) is 6.02. The van der Waals surface area contributed by atoms with Gasteiger partial charge in [0.2, 0.25) is 0 Å². The Labute approximate surface area is 167 Å². The van der Waals surface area contributed by atoms with Gasteiger partial charge in [0.25, 0.3) is 0 Å². The highest BCUT2D eigenvalue weighted by molar-refractivity contribution is 5.85. The quantitative estimate of drug-likeness (QED) is 0.547. The normalized spacial score (nSPS) is 10.1. The van der Waals surface area contributed by atoms with Crippen LogP contribution in [0.25, 0.3) is 22.8 Å². The summed E-state index contributed by atoms with van der Waals surface area (Å²) >= 11 is 0. The van der Waals surface area contributed by atoms with E-state index in [2.05, 4.69) is 31.8 Å². The van der Waals surface area contributed by atoms with Crippen molar-refractivity contribution in [3.8, 4) is 34.6 Å². The van der Waals surface area contributed by atoms with E-state index in [9.17, 15) is 4.79 Å². The van der Waals surface area contributed by atoms with Crippen LogP contribution in [0.4, 0.5) is 0 Å². The van der Waals surface area contributed by atoms with Crippen LogP contribution in [0.5, 0.6) is 0 Å². The maximum atomic E-state index is 11.1. The van der Waals surface area contributed by atoms with E-state index in [1.54, 1.807) is 24.5 Å². The molecule has 0 aromatic carbocycles. The molecular weight excluding hydrogens is 364 g/mol. The molecule has 6 nitrogen and oxygen atoms in total. The van der Waals surface area contributed by atoms with Gasteiger partial charge < -0.3 is 5.11 Å². The van der Waals surface area contributed by atoms with Gasteiger partial charge in [0, 0.05) is 18.0 Å². The van der Waals surface area contributed by atoms with Crippen molar-refractivity contribution in [3.63, 3.8) is 0 Å². The van der Waals surface area contributed by atoms with Crippen LogP contribution < -0.4 is 0 Å². The van der Waals surface area contributed by atoms with Crippen LogP contribution >= 0.6 is 0 Å². The lowest BCUT2D eigenvalue weighted by Crippen LogP contribution is -2.00. The molecular formula is C23H14N4O2. The number of hydrogen-bond donors (Lipinski definition) is 1. The summed E-state index contributed by atoms with van der Waals surface area (Å²) in [5.41, 5.74) is 3.81. The number of pyridine rings is 4. The molecule has 0 saturated carbocycles. The molecule has 0 atom stereocenters. The molecule has 0 amide bonds. The molecule has 0 radical (unpaired) electrons. The molecule has 0 bridgehead atoms. The Kier molecular flexibility index (Phi) is 5.04. The molecule has 4 heterocycles. The van der Waals surface area contributed by atoms with Crippen LogP contribution in [0.2, 0.25) is 0 Å². The van der Waals surface area contributed by atoms with Gasteiger partial charge >= 0.3 is 5.97 Å². The van der Waals surface area contributed by atoms with E-state index in [0.717, 1.165) is 11.4 Å². The highest BCUT2D eigenvalue weighted by atomic mass is 16.4. The Morgan fingerprint density at radius 3 is 1.93 bits per heavy atom. The van der Waals surface area contributed by atoms with Gasteiger partial charge in [-0.3, -0.25) is 9.97 Å². The second kappa shape index (κ2) is 8.11. The lowest BCUT2D eigenvalue weighted by atomic mass is 10.1. The van der Waals surface area contributed by atoms with E-state index in [4.69, 9.17) is 5.11 Å². The maximum absolute atomic E-state index is 11.1. The summed E-state index contributed by atoms with van der Waals surface area (Å²) in [6.07, 6.45) is 3.41. The Hall–Kier alpha value is -4.37. The molecule has 0 aliphatic carbocycles. The minimum Gasteiger partial charge on any atom is -0.477 e. The van der Waals surface area contributed by atoms with Gasteiger partial charge in [-0.05, 0) is 54.5 Å². The molecule has 0 unspecified atom stereocenters. The van der Waals surface area contributed by atoms with Crippen LogP contribution in [0.15, 0.2) is 79.1 Å². The Morgan fingerprint density at radius 2 is 1.38 bits per heavy atom. The van der Waals surface area contributed by atoms with Crippen molar-refractivity contribution in [1.29, 1.82) is 0 Å². The Morgan fingerprint density at radius 1 is 0.724 bits per heavy atom. The highest BCUT2D eigenvalue weighted by Crippen LogP contribution is 2.22. The molecule has 138 valence electrons.